The van der Waals surface area contributed by atoms with Crippen LogP contribution >= 0.6 is 0 Å². The number of amides is 3. The van der Waals surface area contributed by atoms with E-state index in [0.717, 1.165) is 62.0 Å². The molecular weight excluding hydrogens is 588 g/mol. The van der Waals surface area contributed by atoms with Crippen molar-refractivity contribution in [1.82, 2.24) is 20.0 Å². The van der Waals surface area contributed by atoms with Crippen molar-refractivity contribution in [3.05, 3.63) is 108 Å². The van der Waals surface area contributed by atoms with Crippen LogP contribution in [-0.2, 0) is 19.8 Å². The Labute approximate surface area is 278 Å². The van der Waals surface area contributed by atoms with Gasteiger partial charge in [0.25, 0.3) is 0 Å². The van der Waals surface area contributed by atoms with Crippen LogP contribution in [0.25, 0.3) is 0 Å². The first-order valence-corrected chi connectivity index (χ1v) is 17.4. The van der Waals surface area contributed by atoms with Crippen LogP contribution in [-0.4, -0.2) is 95.0 Å². The van der Waals surface area contributed by atoms with E-state index >= 15 is 4.79 Å². The van der Waals surface area contributed by atoms with E-state index in [1.165, 1.54) is 0 Å². The van der Waals surface area contributed by atoms with Crippen LogP contribution in [0.5, 0.6) is 0 Å². The molecular formula is C39H48N4O4. The van der Waals surface area contributed by atoms with Gasteiger partial charge in [-0.2, -0.15) is 0 Å². The maximum absolute atomic E-state index is 15.3. The number of likely N-dealkylation sites (tertiary alicyclic amines) is 3. The Morgan fingerprint density at radius 2 is 1.34 bits per heavy atom. The Bertz CT molecular complexity index is 1400. The predicted octanol–water partition coefficient (Wildman–Crippen LogP) is 4.21. The number of nitrogens with zero attached hydrogens (tertiary/aromatic N) is 3. The zero-order chi connectivity index (χ0) is 32.8. The second-order valence-corrected chi connectivity index (χ2v) is 13.5. The molecule has 3 amide bonds. The molecule has 3 saturated heterocycles. The first kappa shape index (κ1) is 32.9. The molecule has 6 rings (SSSR count). The highest BCUT2D eigenvalue weighted by Gasteiger charge is 2.52. The minimum Gasteiger partial charge on any atom is -0.391 e. The first-order valence-electron chi connectivity index (χ1n) is 17.4. The molecule has 8 nitrogen and oxygen atoms in total. The predicted molar refractivity (Wildman–Crippen MR) is 183 cm³/mol. The van der Waals surface area contributed by atoms with E-state index in [9.17, 15) is 14.7 Å². The van der Waals surface area contributed by atoms with Crippen LogP contribution in [0, 0.1) is 5.92 Å². The lowest BCUT2D eigenvalue weighted by Gasteiger charge is -2.40. The van der Waals surface area contributed by atoms with E-state index in [-0.39, 0.29) is 30.7 Å². The third kappa shape index (κ3) is 6.72. The van der Waals surface area contributed by atoms with Crippen molar-refractivity contribution < 1.29 is 19.5 Å². The second kappa shape index (κ2) is 14.8. The van der Waals surface area contributed by atoms with Gasteiger partial charge in [0.15, 0.2) is 0 Å². The highest BCUT2D eigenvalue weighted by Crippen LogP contribution is 2.42. The van der Waals surface area contributed by atoms with Crippen LogP contribution in [0.3, 0.4) is 0 Å². The Morgan fingerprint density at radius 3 is 1.91 bits per heavy atom. The number of carbonyl (C=O) groups is 3. The van der Waals surface area contributed by atoms with E-state index in [2.05, 4.69) is 17.1 Å². The fourth-order valence-electron chi connectivity index (χ4n) is 8.12. The largest absolute Gasteiger partial charge is 0.391 e. The van der Waals surface area contributed by atoms with Crippen LogP contribution in [0.2, 0.25) is 0 Å². The molecule has 0 unspecified atom stereocenters. The van der Waals surface area contributed by atoms with Gasteiger partial charge in [-0.1, -0.05) is 97.9 Å². The average molecular weight is 637 g/mol. The number of hydrogen-bond acceptors (Lipinski definition) is 5. The Morgan fingerprint density at radius 1 is 0.766 bits per heavy atom. The molecule has 3 aromatic rings. The Hall–Kier alpha value is -4.01. The molecule has 3 fully saturated rings. The van der Waals surface area contributed by atoms with Crippen molar-refractivity contribution in [3.63, 3.8) is 0 Å². The summed E-state index contributed by atoms with van der Waals surface area (Å²) in [5.41, 5.74) is 1.11. The van der Waals surface area contributed by atoms with Crippen molar-refractivity contribution >= 4 is 17.7 Å². The van der Waals surface area contributed by atoms with Crippen molar-refractivity contribution in [3.8, 4) is 0 Å². The maximum atomic E-state index is 15.3. The van der Waals surface area contributed by atoms with Gasteiger partial charge in [0.05, 0.1) is 6.10 Å². The molecule has 0 bridgehead atoms. The zero-order valence-corrected chi connectivity index (χ0v) is 27.5. The quantitative estimate of drug-likeness (QED) is 0.326. The van der Waals surface area contributed by atoms with Gasteiger partial charge in [-0.05, 0) is 67.8 Å². The molecule has 3 aromatic carbocycles. The summed E-state index contributed by atoms with van der Waals surface area (Å²) < 4.78 is 0. The molecule has 47 heavy (non-hydrogen) atoms. The summed E-state index contributed by atoms with van der Waals surface area (Å²) in [5, 5.41) is 14.2. The third-order valence-electron chi connectivity index (χ3n) is 10.3. The number of carbonyl (C=O) groups excluding carboxylic acids is 3. The highest BCUT2D eigenvalue weighted by atomic mass is 16.3. The molecule has 3 heterocycles. The van der Waals surface area contributed by atoms with Gasteiger partial charge >= 0.3 is 0 Å². The number of rotatable bonds is 10. The maximum Gasteiger partial charge on any atom is 0.246 e. The Balaban J connectivity index is 1.27. The molecule has 2 N–H and O–H groups in total. The molecule has 0 radical (unpaired) electrons. The van der Waals surface area contributed by atoms with E-state index < -0.39 is 23.6 Å². The molecule has 8 heteroatoms. The SMILES string of the molecule is CCCN1CCC[C@H](CNC(=O)[C@H]2CCCN2C(=O)[C@@H]2C[C@@H](O)CN2C(=O)C(c2ccccc2)(c2ccccc2)c2ccccc2)C1. The van der Waals surface area contributed by atoms with E-state index in [1.807, 2.05) is 91.0 Å². The summed E-state index contributed by atoms with van der Waals surface area (Å²) in [6, 6.07) is 27.6. The van der Waals surface area contributed by atoms with Gasteiger partial charge in [0.1, 0.15) is 17.5 Å². The normalized spacial score (nSPS) is 23.5. The number of piperidine rings is 1. The van der Waals surface area contributed by atoms with Gasteiger partial charge < -0.3 is 25.1 Å². The van der Waals surface area contributed by atoms with Crippen molar-refractivity contribution in [2.24, 2.45) is 5.92 Å². The van der Waals surface area contributed by atoms with Crippen LogP contribution in [0.15, 0.2) is 91.0 Å². The first-order chi connectivity index (χ1) is 22.9. The molecule has 0 saturated carbocycles. The fourth-order valence-corrected chi connectivity index (χ4v) is 8.12. The summed E-state index contributed by atoms with van der Waals surface area (Å²) >= 11 is 0. The summed E-state index contributed by atoms with van der Waals surface area (Å²) in [6.07, 6.45) is 3.96. The van der Waals surface area contributed by atoms with Crippen LogP contribution in [0.1, 0.15) is 62.1 Å². The van der Waals surface area contributed by atoms with Gasteiger partial charge in [-0.15, -0.1) is 0 Å². The average Bonchev–Trinajstić information content (AvgIpc) is 3.76. The minimum absolute atomic E-state index is 0.0458. The standard InChI is InChI=1S/C39H48N4O4/c1-2-22-41-23-12-14-29(27-41)26-40-36(45)34-21-13-24-42(34)37(46)35-25-33(44)28-43(35)38(47)39(30-15-6-3-7-16-30,31-17-8-4-9-18-31)32-19-10-5-11-20-32/h3-11,15-20,29,33-35,44H,2,12-14,21-28H2,1H3,(H,40,45)/t29-,33-,34-,35+/m1/s1. The highest BCUT2D eigenvalue weighted by molar-refractivity contribution is 6.00. The molecule has 3 aliphatic rings. The number of benzene rings is 3. The molecule has 4 atom stereocenters. The molecule has 0 aliphatic carbocycles. The Kier molecular flexibility index (Phi) is 10.4. The van der Waals surface area contributed by atoms with E-state index in [4.69, 9.17) is 0 Å². The van der Waals surface area contributed by atoms with Gasteiger partial charge in [0, 0.05) is 32.6 Å². The lowest BCUT2D eigenvalue weighted by Crippen LogP contribution is -2.56. The second-order valence-electron chi connectivity index (χ2n) is 13.5. The number of β-amino-alcohol motifs (C(OH)–C–C–N with tert-alkyl or cyclic N) is 1. The summed E-state index contributed by atoms with van der Waals surface area (Å²) in [4.78, 5) is 49.0. The third-order valence-corrected chi connectivity index (χ3v) is 10.3. The van der Waals surface area contributed by atoms with Crippen LogP contribution < -0.4 is 5.32 Å². The van der Waals surface area contributed by atoms with Gasteiger partial charge in [-0.25, -0.2) is 0 Å². The number of hydrogen-bond donors (Lipinski definition) is 2. The summed E-state index contributed by atoms with van der Waals surface area (Å²) in [6.45, 7) is 6.50. The number of aliphatic hydroxyl groups excluding tert-OH is 1. The topological polar surface area (TPSA) is 93.2 Å². The van der Waals surface area contributed by atoms with Crippen molar-refractivity contribution in [1.29, 1.82) is 0 Å². The van der Waals surface area contributed by atoms with Crippen molar-refractivity contribution in [2.45, 2.75) is 69.1 Å². The monoisotopic (exact) mass is 636 g/mol. The number of aliphatic hydroxyl groups is 1. The molecule has 0 aromatic heterocycles. The number of nitrogens with one attached hydrogen (secondary N) is 1. The molecule has 248 valence electrons. The molecule has 0 spiro atoms. The summed E-state index contributed by atoms with van der Waals surface area (Å²) in [7, 11) is 0. The van der Waals surface area contributed by atoms with E-state index in [0.29, 0.717) is 25.4 Å². The van der Waals surface area contributed by atoms with Gasteiger partial charge in [0.2, 0.25) is 17.7 Å². The smallest absolute Gasteiger partial charge is 0.246 e. The van der Waals surface area contributed by atoms with Crippen LogP contribution in [0.4, 0.5) is 0 Å². The minimum atomic E-state index is -1.25. The zero-order valence-electron chi connectivity index (χ0n) is 27.5. The lowest BCUT2D eigenvalue weighted by atomic mass is 9.68. The van der Waals surface area contributed by atoms with Gasteiger partial charge in [-0.3, -0.25) is 14.4 Å². The summed E-state index contributed by atoms with van der Waals surface area (Å²) in [5.74, 6) is -0.232. The lowest BCUT2D eigenvalue weighted by molar-refractivity contribution is -0.147. The fraction of sp³-hybridized carbons (Fsp3) is 0.462. The molecule has 3 aliphatic heterocycles. The van der Waals surface area contributed by atoms with Crippen molar-refractivity contribution in [2.75, 3.05) is 39.3 Å². The van der Waals surface area contributed by atoms with E-state index in [1.54, 1.807) is 9.80 Å².